The minimum atomic E-state index is 1.13. The number of unbranched alkanes of at least 4 members (excludes halogenated alkanes) is 13. The molecule has 0 aliphatic heterocycles. The predicted molar refractivity (Wildman–Crippen MR) is 113 cm³/mol. The highest BCUT2D eigenvalue weighted by Crippen LogP contribution is 2.47. The molecule has 0 aromatic rings. The highest BCUT2D eigenvalue weighted by Gasteiger charge is 2.36. The van der Waals surface area contributed by atoms with Gasteiger partial charge in [0.15, 0.2) is 0 Å². The van der Waals surface area contributed by atoms with Crippen LogP contribution in [0.15, 0.2) is 0 Å². The molecule has 2 saturated carbocycles. The Balaban J connectivity index is 1.30. The van der Waals surface area contributed by atoms with Crippen molar-refractivity contribution in [3.05, 3.63) is 0 Å². The lowest BCUT2D eigenvalue weighted by atomic mass is 9.77. The van der Waals surface area contributed by atoms with Crippen LogP contribution in [0.4, 0.5) is 0 Å². The van der Waals surface area contributed by atoms with Crippen LogP contribution in [0.1, 0.15) is 142 Å². The smallest absolute Gasteiger partial charge is 0.0357 e. The first-order valence-electron chi connectivity index (χ1n) is 12.4. The van der Waals surface area contributed by atoms with Gasteiger partial charge in [-0.3, -0.25) is 0 Å². The molecule has 0 aromatic carbocycles. The highest BCUT2D eigenvalue weighted by molar-refractivity contribution is 4.87. The van der Waals surface area contributed by atoms with Gasteiger partial charge in [0.2, 0.25) is 0 Å². The van der Waals surface area contributed by atoms with E-state index in [1.54, 1.807) is 32.1 Å². The second-order valence-corrected chi connectivity index (χ2v) is 9.43. The van der Waals surface area contributed by atoms with Crippen LogP contribution < -0.4 is 0 Å². The fourth-order valence-corrected chi connectivity index (χ4v) is 5.82. The number of hydrogen-bond acceptors (Lipinski definition) is 0. The molecular formula is C25H48. The van der Waals surface area contributed by atoms with Crippen molar-refractivity contribution < 1.29 is 0 Å². The molecular weight excluding hydrogens is 300 g/mol. The third kappa shape index (κ3) is 8.96. The zero-order valence-corrected chi connectivity index (χ0v) is 17.6. The third-order valence-corrected chi connectivity index (χ3v) is 7.41. The van der Waals surface area contributed by atoms with Crippen LogP contribution in [0, 0.1) is 17.8 Å². The minimum absolute atomic E-state index is 1.13. The Morgan fingerprint density at radius 1 is 0.520 bits per heavy atom. The summed E-state index contributed by atoms with van der Waals surface area (Å²) in [5.41, 5.74) is 0. The van der Waals surface area contributed by atoms with Crippen molar-refractivity contribution >= 4 is 0 Å². The first kappa shape index (κ1) is 21.3. The molecule has 0 amide bonds. The van der Waals surface area contributed by atoms with Gasteiger partial charge in [0.25, 0.3) is 0 Å². The molecule has 0 aromatic heterocycles. The molecule has 25 heavy (non-hydrogen) atoms. The van der Waals surface area contributed by atoms with E-state index in [1.807, 2.05) is 0 Å². The van der Waals surface area contributed by atoms with Crippen molar-refractivity contribution in [1.29, 1.82) is 0 Å². The Hall–Kier alpha value is 0. The van der Waals surface area contributed by atoms with Gasteiger partial charge in [-0.25, -0.2) is 0 Å². The van der Waals surface area contributed by atoms with Gasteiger partial charge in [-0.2, -0.15) is 0 Å². The van der Waals surface area contributed by atoms with Crippen molar-refractivity contribution in [1.82, 2.24) is 0 Å². The molecule has 0 spiro atoms. The Bertz CT molecular complexity index is 294. The van der Waals surface area contributed by atoms with E-state index in [9.17, 15) is 0 Å². The van der Waals surface area contributed by atoms with Crippen molar-refractivity contribution in [2.45, 2.75) is 142 Å². The topological polar surface area (TPSA) is 0 Å². The summed E-state index contributed by atoms with van der Waals surface area (Å²) < 4.78 is 0. The summed E-state index contributed by atoms with van der Waals surface area (Å²) in [7, 11) is 0. The molecule has 2 rings (SSSR count). The van der Waals surface area contributed by atoms with E-state index >= 15 is 0 Å². The molecule has 0 nitrogen and oxygen atoms in total. The van der Waals surface area contributed by atoms with Crippen molar-refractivity contribution in [2.24, 2.45) is 17.8 Å². The molecule has 0 heterocycles. The zero-order valence-electron chi connectivity index (χ0n) is 17.6. The minimum Gasteiger partial charge on any atom is -0.0654 e. The lowest BCUT2D eigenvalue weighted by Crippen LogP contribution is -2.19. The molecule has 0 heteroatoms. The standard InChI is InChI=1S/C25H48/c1-2-3-4-5-6-7-8-9-10-11-12-13-14-15-18-23-21-22-24-19-16-17-20-25(23)24/h23-25H,2-22H2,1H3. The summed E-state index contributed by atoms with van der Waals surface area (Å²) in [6.45, 7) is 2.31. The van der Waals surface area contributed by atoms with Gasteiger partial charge in [0, 0.05) is 0 Å². The Morgan fingerprint density at radius 3 is 1.64 bits per heavy atom. The molecule has 0 bridgehead atoms. The van der Waals surface area contributed by atoms with E-state index in [4.69, 9.17) is 0 Å². The largest absolute Gasteiger partial charge is 0.0654 e. The summed E-state index contributed by atoms with van der Waals surface area (Å²) in [4.78, 5) is 0. The van der Waals surface area contributed by atoms with Crippen LogP contribution in [0.3, 0.4) is 0 Å². The van der Waals surface area contributed by atoms with Crippen LogP contribution >= 0.6 is 0 Å². The Labute approximate surface area is 159 Å². The molecule has 3 unspecified atom stereocenters. The molecule has 0 radical (unpaired) electrons. The quantitative estimate of drug-likeness (QED) is 0.259. The van der Waals surface area contributed by atoms with E-state index in [1.165, 1.54) is 103 Å². The summed E-state index contributed by atoms with van der Waals surface area (Å²) in [5.74, 6) is 3.42. The van der Waals surface area contributed by atoms with Gasteiger partial charge in [-0.1, -0.05) is 122 Å². The molecule has 0 saturated heterocycles. The first-order valence-corrected chi connectivity index (χ1v) is 12.4. The van der Waals surface area contributed by atoms with E-state index in [0.717, 1.165) is 17.8 Å². The fourth-order valence-electron chi connectivity index (χ4n) is 5.82. The van der Waals surface area contributed by atoms with Crippen LogP contribution in [0.2, 0.25) is 0 Å². The van der Waals surface area contributed by atoms with E-state index < -0.39 is 0 Å². The van der Waals surface area contributed by atoms with Gasteiger partial charge < -0.3 is 0 Å². The van der Waals surface area contributed by atoms with E-state index in [0.29, 0.717) is 0 Å². The average molecular weight is 349 g/mol. The lowest BCUT2D eigenvalue weighted by molar-refractivity contribution is 0.218. The fraction of sp³-hybridized carbons (Fsp3) is 1.00. The predicted octanol–water partition coefficient (Wildman–Crippen LogP) is 9.07. The average Bonchev–Trinajstić information content (AvgIpc) is 3.05. The number of fused-ring (bicyclic) bond motifs is 1. The van der Waals surface area contributed by atoms with Gasteiger partial charge >= 0.3 is 0 Å². The SMILES string of the molecule is CCCCCCCCCCCCCCCCC1CCC2CCCCC12. The maximum Gasteiger partial charge on any atom is -0.0357 e. The van der Waals surface area contributed by atoms with Crippen molar-refractivity contribution in [3.8, 4) is 0 Å². The summed E-state index contributed by atoms with van der Waals surface area (Å²) in [6, 6.07) is 0. The monoisotopic (exact) mass is 348 g/mol. The third-order valence-electron chi connectivity index (χ3n) is 7.41. The summed E-state index contributed by atoms with van der Waals surface area (Å²) >= 11 is 0. The van der Waals surface area contributed by atoms with Crippen LogP contribution in [0.25, 0.3) is 0 Å². The second-order valence-electron chi connectivity index (χ2n) is 9.43. The Kier molecular flexibility index (Phi) is 12.0. The molecule has 0 N–H and O–H groups in total. The maximum absolute atomic E-state index is 2.31. The van der Waals surface area contributed by atoms with Crippen LogP contribution in [0.5, 0.6) is 0 Å². The summed E-state index contributed by atoms with van der Waals surface area (Å²) in [5, 5.41) is 0. The molecule has 2 aliphatic carbocycles. The number of rotatable bonds is 15. The van der Waals surface area contributed by atoms with Crippen molar-refractivity contribution in [2.75, 3.05) is 0 Å². The van der Waals surface area contributed by atoms with Gasteiger partial charge in [0.05, 0.1) is 0 Å². The van der Waals surface area contributed by atoms with Crippen LogP contribution in [-0.4, -0.2) is 0 Å². The molecule has 2 fully saturated rings. The molecule has 3 atom stereocenters. The van der Waals surface area contributed by atoms with E-state index in [2.05, 4.69) is 6.92 Å². The molecule has 2 aliphatic rings. The van der Waals surface area contributed by atoms with Gasteiger partial charge in [-0.05, 0) is 37.0 Å². The van der Waals surface area contributed by atoms with Crippen molar-refractivity contribution in [3.63, 3.8) is 0 Å². The highest BCUT2D eigenvalue weighted by atomic mass is 14.4. The van der Waals surface area contributed by atoms with Gasteiger partial charge in [0.1, 0.15) is 0 Å². The zero-order chi connectivity index (χ0) is 17.6. The summed E-state index contributed by atoms with van der Waals surface area (Å²) in [6.07, 6.45) is 31.8. The first-order chi connectivity index (χ1) is 12.4. The second kappa shape index (κ2) is 14.1. The Morgan fingerprint density at radius 2 is 1.04 bits per heavy atom. The van der Waals surface area contributed by atoms with Crippen LogP contribution in [-0.2, 0) is 0 Å². The van der Waals surface area contributed by atoms with Gasteiger partial charge in [-0.15, -0.1) is 0 Å². The molecule has 148 valence electrons. The normalized spacial score (nSPS) is 26.0. The lowest BCUT2D eigenvalue weighted by Gasteiger charge is -2.29. The maximum atomic E-state index is 2.31. The number of hydrogen-bond donors (Lipinski definition) is 0. The van der Waals surface area contributed by atoms with E-state index in [-0.39, 0.29) is 0 Å².